The molecule has 15 nitrogen and oxygen atoms in total. The highest BCUT2D eigenvalue weighted by Gasteiger charge is 2.39. The van der Waals surface area contributed by atoms with Crippen molar-refractivity contribution in [2.24, 2.45) is 0 Å². The number of halogens is 6. The lowest BCUT2D eigenvalue weighted by Crippen LogP contribution is -2.05. The van der Waals surface area contributed by atoms with Gasteiger partial charge in [-0.05, 0) is 75.9 Å². The van der Waals surface area contributed by atoms with Gasteiger partial charge in [-0.2, -0.15) is 41.2 Å². The molecule has 0 aliphatic rings. The normalized spacial score (nSPS) is 11.7. The van der Waals surface area contributed by atoms with Gasteiger partial charge < -0.3 is 37.6 Å². The summed E-state index contributed by atoms with van der Waals surface area (Å²) in [6, 6.07) is 9.74. The molecular weight excluding hydrogens is 774 g/mol. The Kier molecular flexibility index (Phi) is 13.6. The van der Waals surface area contributed by atoms with Crippen LogP contribution in [0.4, 0.5) is 26.3 Å². The third-order valence-corrected chi connectivity index (χ3v) is 7.77. The van der Waals surface area contributed by atoms with E-state index in [-0.39, 0.29) is 29.6 Å². The van der Waals surface area contributed by atoms with Crippen LogP contribution in [0.15, 0.2) is 54.5 Å². The fraction of sp³-hybridized carbons (Fsp3) is 0.389. The summed E-state index contributed by atoms with van der Waals surface area (Å²) < 4.78 is 106. The van der Waals surface area contributed by atoms with Crippen LogP contribution >= 0.6 is 0 Å². The standard InChI is InChI=1S/C18H18F3N3O5.C18H18F3N3O4/c1-10-7-12(16-22-17(28-24-16)18(19,20)21)9-14(29-25-3)15(10)26-6-4-5-13-8-11(2)23-27-13;1-10-6-12(16-22-17(28-24-16)18(19,20)21)8-13(9-25)15(10)26-5-3-4-14-7-11(2)23-27-14/h7-9H,4-6H2,1-3H3;6-8,25H,3-5,9H2,1-2H3. The number of hydrogen-bond donors (Lipinski definition) is 1. The molecule has 0 spiro atoms. The van der Waals surface area contributed by atoms with E-state index in [1.807, 2.05) is 26.0 Å². The highest BCUT2D eigenvalue weighted by atomic mass is 19.4. The molecule has 0 atom stereocenters. The van der Waals surface area contributed by atoms with Crippen LogP contribution in [0, 0.1) is 27.7 Å². The van der Waals surface area contributed by atoms with Gasteiger partial charge in [0.15, 0.2) is 5.75 Å². The van der Waals surface area contributed by atoms with Gasteiger partial charge in [-0.3, -0.25) is 0 Å². The van der Waals surface area contributed by atoms with E-state index in [0.29, 0.717) is 72.6 Å². The lowest BCUT2D eigenvalue weighted by molar-refractivity contribution is -0.179. The van der Waals surface area contributed by atoms with E-state index >= 15 is 0 Å². The van der Waals surface area contributed by atoms with Gasteiger partial charge in [-0.15, -0.1) is 0 Å². The van der Waals surface area contributed by atoms with Gasteiger partial charge in [0.2, 0.25) is 17.4 Å². The molecule has 0 aliphatic heterocycles. The maximum Gasteiger partial charge on any atom is 0.471 e. The number of nitrogens with zero attached hydrogens (tertiary/aromatic N) is 6. The van der Waals surface area contributed by atoms with E-state index in [1.54, 1.807) is 26.0 Å². The minimum absolute atomic E-state index is 0.177. The molecule has 2 aromatic carbocycles. The van der Waals surface area contributed by atoms with Gasteiger partial charge in [-0.1, -0.05) is 20.6 Å². The molecule has 1 N–H and O–H groups in total. The lowest BCUT2D eigenvalue weighted by atomic mass is 10.0. The van der Waals surface area contributed by atoms with Crippen LogP contribution < -0.4 is 14.4 Å². The predicted molar refractivity (Wildman–Crippen MR) is 183 cm³/mol. The van der Waals surface area contributed by atoms with E-state index in [4.69, 9.17) is 28.3 Å². The lowest BCUT2D eigenvalue weighted by Gasteiger charge is -2.14. The second-order valence-electron chi connectivity index (χ2n) is 12.4. The molecule has 306 valence electrons. The molecule has 0 saturated heterocycles. The van der Waals surface area contributed by atoms with Crippen molar-refractivity contribution in [2.45, 2.75) is 72.3 Å². The number of alkyl halides is 6. The third kappa shape index (κ3) is 11.3. The number of ether oxygens (including phenoxy) is 2. The minimum Gasteiger partial charge on any atom is -0.493 e. The Morgan fingerprint density at radius 2 is 1.09 bits per heavy atom. The number of benzene rings is 2. The van der Waals surface area contributed by atoms with Crippen LogP contribution in [0.1, 0.15) is 64.2 Å². The minimum atomic E-state index is -4.72. The summed E-state index contributed by atoms with van der Waals surface area (Å²) in [7, 11) is 1.30. The predicted octanol–water partition coefficient (Wildman–Crippen LogP) is 8.18. The average Bonchev–Trinajstić information content (AvgIpc) is 3.98. The number of rotatable bonds is 15. The highest BCUT2D eigenvalue weighted by molar-refractivity contribution is 5.64. The van der Waals surface area contributed by atoms with Gasteiger partial charge >= 0.3 is 24.1 Å². The van der Waals surface area contributed by atoms with Crippen molar-refractivity contribution in [3.05, 3.63) is 87.8 Å². The number of hydrogen-bond acceptors (Lipinski definition) is 15. The third-order valence-electron chi connectivity index (χ3n) is 7.77. The van der Waals surface area contributed by atoms with E-state index in [2.05, 4.69) is 39.6 Å². The van der Waals surface area contributed by atoms with Crippen LogP contribution in [-0.2, 0) is 36.7 Å². The van der Waals surface area contributed by atoms with Crippen molar-refractivity contribution in [1.29, 1.82) is 0 Å². The van der Waals surface area contributed by atoms with Crippen molar-refractivity contribution in [3.8, 4) is 40.0 Å². The van der Waals surface area contributed by atoms with Crippen molar-refractivity contribution < 1.29 is 68.8 Å². The van der Waals surface area contributed by atoms with E-state index in [1.165, 1.54) is 19.2 Å². The fourth-order valence-corrected chi connectivity index (χ4v) is 5.33. The summed E-state index contributed by atoms with van der Waals surface area (Å²) in [4.78, 5) is 16.6. The Morgan fingerprint density at radius 3 is 1.51 bits per heavy atom. The van der Waals surface area contributed by atoms with Crippen LogP contribution in [0.5, 0.6) is 17.2 Å². The van der Waals surface area contributed by atoms with Gasteiger partial charge in [0, 0.05) is 41.7 Å². The Morgan fingerprint density at radius 1 is 0.614 bits per heavy atom. The zero-order valence-electron chi connectivity index (χ0n) is 31.1. The van der Waals surface area contributed by atoms with Crippen molar-refractivity contribution in [3.63, 3.8) is 0 Å². The van der Waals surface area contributed by atoms with E-state index in [0.717, 1.165) is 22.9 Å². The molecule has 0 amide bonds. The van der Waals surface area contributed by atoms with Crippen LogP contribution in [0.25, 0.3) is 22.8 Å². The first-order chi connectivity index (χ1) is 27.0. The Labute approximate surface area is 319 Å². The zero-order chi connectivity index (χ0) is 41.3. The summed E-state index contributed by atoms with van der Waals surface area (Å²) in [6.07, 6.45) is -6.83. The summed E-state index contributed by atoms with van der Waals surface area (Å²) in [5.41, 5.74) is 3.82. The first kappa shape index (κ1) is 42.2. The topological polar surface area (TPSA) is 187 Å². The monoisotopic (exact) mass is 810 g/mol. The van der Waals surface area contributed by atoms with E-state index < -0.39 is 24.1 Å². The summed E-state index contributed by atoms with van der Waals surface area (Å²) >= 11 is 0. The van der Waals surface area contributed by atoms with Crippen molar-refractivity contribution in [1.82, 2.24) is 30.6 Å². The van der Waals surface area contributed by atoms with Crippen molar-refractivity contribution >= 4 is 0 Å². The molecule has 6 rings (SSSR count). The second-order valence-corrected chi connectivity index (χ2v) is 12.4. The molecule has 6 aromatic rings. The average molecular weight is 811 g/mol. The second kappa shape index (κ2) is 18.3. The van der Waals surface area contributed by atoms with Gasteiger partial charge in [0.05, 0.1) is 38.3 Å². The molecule has 0 radical (unpaired) electrons. The first-order valence-corrected chi connectivity index (χ1v) is 17.1. The summed E-state index contributed by atoms with van der Waals surface area (Å²) in [6.45, 7) is 7.48. The van der Waals surface area contributed by atoms with Crippen LogP contribution in [0.3, 0.4) is 0 Å². The number of aromatic nitrogens is 6. The molecule has 4 aromatic heterocycles. The first-order valence-electron chi connectivity index (χ1n) is 17.1. The SMILES string of the molecule is COOc1cc(-c2noc(C(F)(F)F)n2)cc(C)c1OCCCc1cc(C)no1.Cc1cc(CCCOc2c(C)cc(-c3noc(C(F)(F)F)n3)cc2CO)on1. The molecule has 21 heteroatoms. The zero-order valence-corrected chi connectivity index (χ0v) is 31.1. The van der Waals surface area contributed by atoms with Crippen LogP contribution in [0.2, 0.25) is 0 Å². The maximum absolute atomic E-state index is 12.7. The largest absolute Gasteiger partial charge is 0.493 e. The molecule has 0 fully saturated rings. The number of aliphatic hydroxyl groups is 1. The van der Waals surface area contributed by atoms with E-state index in [9.17, 15) is 31.4 Å². The maximum atomic E-state index is 12.7. The molecule has 4 heterocycles. The Balaban J connectivity index is 0.000000218. The van der Waals surface area contributed by atoms with Gasteiger partial charge in [0.1, 0.15) is 17.3 Å². The molecular formula is C36H36F6N6O9. The molecule has 0 aliphatic carbocycles. The molecule has 57 heavy (non-hydrogen) atoms. The molecule has 0 saturated carbocycles. The van der Waals surface area contributed by atoms with Gasteiger partial charge in [-0.25, -0.2) is 0 Å². The Bertz CT molecular complexity index is 2230. The number of aliphatic hydroxyl groups excluding tert-OH is 1. The highest BCUT2D eigenvalue weighted by Crippen LogP contribution is 2.37. The molecule has 0 unspecified atom stereocenters. The summed E-state index contributed by atoms with van der Waals surface area (Å²) in [5, 5.41) is 24.0. The molecule has 0 bridgehead atoms. The fourth-order valence-electron chi connectivity index (χ4n) is 5.33. The smallest absolute Gasteiger partial charge is 0.471 e. The van der Waals surface area contributed by atoms with Gasteiger partial charge in [0.25, 0.3) is 0 Å². The number of aryl methyl sites for hydroxylation is 6. The van der Waals surface area contributed by atoms with Crippen LogP contribution in [-0.4, -0.2) is 56.0 Å². The van der Waals surface area contributed by atoms with Crippen molar-refractivity contribution in [2.75, 3.05) is 20.3 Å². The quantitative estimate of drug-likeness (QED) is 0.0452. The summed E-state index contributed by atoms with van der Waals surface area (Å²) in [5.74, 6) is -0.737. The Hall–Kier alpha value is -5.96.